The summed E-state index contributed by atoms with van der Waals surface area (Å²) in [5.74, 6) is 0.466. The number of anilines is 3. The van der Waals surface area contributed by atoms with Crippen molar-refractivity contribution in [2.24, 2.45) is 0 Å². The Morgan fingerprint density at radius 3 is 2.35 bits per heavy atom. The third-order valence-electron chi connectivity index (χ3n) is 5.29. The highest BCUT2D eigenvalue weighted by atomic mass is 35.5. The zero-order chi connectivity index (χ0) is 26.9. The molecule has 0 unspecified atom stereocenters. The molecule has 0 aliphatic rings. The molecule has 1 N–H and O–H groups in total. The molecule has 0 fully saturated rings. The van der Waals surface area contributed by atoms with E-state index >= 15 is 0 Å². The molecule has 0 spiro atoms. The van der Waals surface area contributed by atoms with E-state index in [0.29, 0.717) is 43.2 Å². The minimum Gasteiger partial charge on any atom is -0.493 e. The zero-order valence-corrected chi connectivity index (χ0v) is 23.3. The van der Waals surface area contributed by atoms with Crippen LogP contribution in [-0.2, 0) is 10.2 Å². The van der Waals surface area contributed by atoms with Gasteiger partial charge in [0.25, 0.3) is 5.91 Å². The van der Waals surface area contributed by atoms with Gasteiger partial charge in [-0.05, 0) is 48.5 Å². The van der Waals surface area contributed by atoms with Crippen LogP contribution in [-0.4, -0.2) is 51.9 Å². The minimum absolute atomic E-state index is 0.185. The van der Waals surface area contributed by atoms with Gasteiger partial charge in [0.15, 0.2) is 16.6 Å². The molecule has 1 aromatic heterocycles. The summed E-state index contributed by atoms with van der Waals surface area (Å²) in [6, 6.07) is 14.6. The number of thiazole rings is 1. The van der Waals surface area contributed by atoms with Gasteiger partial charge in [-0.15, -0.1) is 0 Å². The van der Waals surface area contributed by atoms with Crippen LogP contribution in [0.4, 0.5) is 16.5 Å². The lowest BCUT2D eigenvalue weighted by Crippen LogP contribution is -2.28. The molecule has 9 nitrogen and oxygen atoms in total. The summed E-state index contributed by atoms with van der Waals surface area (Å²) in [6.45, 7) is 0. The quantitative estimate of drug-likeness (QED) is 0.282. The normalized spacial score (nSPS) is 11.5. The van der Waals surface area contributed by atoms with Crippen molar-refractivity contribution in [3.05, 3.63) is 70.2 Å². The van der Waals surface area contributed by atoms with Crippen LogP contribution in [0.5, 0.6) is 11.5 Å². The van der Waals surface area contributed by atoms with Gasteiger partial charge in [-0.3, -0.25) is 14.4 Å². The van der Waals surface area contributed by atoms with Gasteiger partial charge in [0.05, 0.1) is 46.4 Å². The van der Waals surface area contributed by atoms with Crippen LogP contribution < -0.4 is 19.1 Å². The SMILES string of the molecule is COc1ccc(N(C(=O)c2ccc(Cl)cc2Cl)c2nc3ccc(NS(=O)(=O)N(C)C)cc3s2)cc1OC. The Bertz CT molecular complexity index is 1590. The van der Waals surface area contributed by atoms with Crippen LogP contribution in [0.2, 0.25) is 10.0 Å². The van der Waals surface area contributed by atoms with Gasteiger partial charge in [-0.25, -0.2) is 4.98 Å². The topological polar surface area (TPSA) is 101 Å². The fourth-order valence-corrected chi connectivity index (χ4v) is 5.49. The Balaban J connectivity index is 1.84. The van der Waals surface area contributed by atoms with Gasteiger partial charge < -0.3 is 9.47 Å². The number of hydrogen-bond donors (Lipinski definition) is 1. The maximum absolute atomic E-state index is 13.8. The van der Waals surface area contributed by atoms with Crippen molar-refractivity contribution in [1.29, 1.82) is 0 Å². The third-order valence-corrected chi connectivity index (χ3v) is 8.29. The lowest BCUT2D eigenvalue weighted by atomic mass is 10.1. The third kappa shape index (κ3) is 5.60. The van der Waals surface area contributed by atoms with Crippen LogP contribution in [0.15, 0.2) is 54.6 Å². The summed E-state index contributed by atoms with van der Waals surface area (Å²) in [5.41, 5.74) is 1.62. The van der Waals surface area contributed by atoms with Gasteiger partial charge in [0.2, 0.25) is 0 Å². The molecule has 0 aliphatic carbocycles. The van der Waals surface area contributed by atoms with Gasteiger partial charge in [-0.2, -0.15) is 12.7 Å². The average Bonchev–Trinajstić information content (AvgIpc) is 3.26. The highest BCUT2D eigenvalue weighted by Gasteiger charge is 2.26. The van der Waals surface area contributed by atoms with E-state index < -0.39 is 16.1 Å². The highest BCUT2D eigenvalue weighted by molar-refractivity contribution is 7.90. The maximum Gasteiger partial charge on any atom is 0.301 e. The van der Waals surface area contributed by atoms with Crippen molar-refractivity contribution in [3.8, 4) is 11.5 Å². The molecular formula is C24H22Cl2N4O5S2. The van der Waals surface area contributed by atoms with E-state index in [4.69, 9.17) is 32.7 Å². The zero-order valence-electron chi connectivity index (χ0n) is 20.2. The molecular weight excluding hydrogens is 559 g/mol. The number of nitrogens with one attached hydrogen (secondary N) is 1. The van der Waals surface area contributed by atoms with E-state index in [-0.39, 0.29) is 10.6 Å². The Labute approximate surface area is 228 Å². The first-order chi connectivity index (χ1) is 17.5. The first-order valence-corrected chi connectivity index (χ1v) is 13.7. The van der Waals surface area contributed by atoms with Crippen LogP contribution in [0, 0.1) is 0 Å². The molecule has 37 heavy (non-hydrogen) atoms. The van der Waals surface area contributed by atoms with E-state index in [2.05, 4.69) is 9.71 Å². The number of benzene rings is 3. The summed E-state index contributed by atoms with van der Waals surface area (Å²) in [4.78, 5) is 19.9. The van der Waals surface area contributed by atoms with Crippen molar-refractivity contribution in [2.75, 3.05) is 37.9 Å². The van der Waals surface area contributed by atoms with E-state index in [1.807, 2.05) is 0 Å². The molecule has 1 heterocycles. The summed E-state index contributed by atoms with van der Waals surface area (Å²) in [7, 11) is 2.18. The second-order valence-electron chi connectivity index (χ2n) is 7.87. The molecule has 0 saturated carbocycles. The van der Waals surface area contributed by atoms with E-state index in [9.17, 15) is 13.2 Å². The van der Waals surface area contributed by atoms with E-state index in [0.717, 1.165) is 4.31 Å². The van der Waals surface area contributed by atoms with E-state index in [1.165, 1.54) is 50.6 Å². The van der Waals surface area contributed by atoms with Crippen molar-refractivity contribution in [1.82, 2.24) is 9.29 Å². The first kappa shape index (κ1) is 27.0. The molecule has 0 saturated heterocycles. The summed E-state index contributed by atoms with van der Waals surface area (Å²) < 4.78 is 39.5. The largest absolute Gasteiger partial charge is 0.493 e. The molecule has 0 bridgehead atoms. The molecule has 4 aromatic rings. The van der Waals surface area contributed by atoms with Gasteiger partial charge in [-0.1, -0.05) is 34.5 Å². The molecule has 0 aliphatic heterocycles. The standard InChI is InChI=1S/C24H22Cl2N4O5S2/c1-29(2)37(32,33)28-15-6-9-19-22(12-15)36-24(27-19)30(16-7-10-20(34-3)21(13-16)35-4)23(31)17-8-5-14(25)11-18(17)26/h5-13,28H,1-4H3. The lowest BCUT2D eigenvalue weighted by molar-refractivity contribution is 0.0999. The van der Waals surface area contributed by atoms with Crippen LogP contribution in [0.3, 0.4) is 0 Å². The average molecular weight is 582 g/mol. The van der Waals surface area contributed by atoms with Crippen LogP contribution in [0.25, 0.3) is 10.2 Å². The van der Waals surface area contributed by atoms with Crippen LogP contribution in [0.1, 0.15) is 10.4 Å². The molecule has 1 amide bonds. The minimum atomic E-state index is -3.69. The maximum atomic E-state index is 13.8. The predicted octanol–water partition coefficient (Wildman–Crippen LogP) is 5.82. The fraction of sp³-hybridized carbons (Fsp3) is 0.167. The second kappa shape index (κ2) is 10.7. The Morgan fingerprint density at radius 1 is 0.973 bits per heavy atom. The summed E-state index contributed by atoms with van der Waals surface area (Å²) >= 11 is 13.6. The van der Waals surface area contributed by atoms with Crippen molar-refractivity contribution >= 4 is 77.4 Å². The molecule has 0 radical (unpaired) electrons. The number of nitrogens with zero attached hydrogens (tertiary/aromatic N) is 3. The fourth-order valence-electron chi connectivity index (χ4n) is 3.37. The van der Waals surface area contributed by atoms with Gasteiger partial charge in [0.1, 0.15) is 0 Å². The van der Waals surface area contributed by atoms with Crippen LogP contribution >= 0.6 is 34.5 Å². The van der Waals surface area contributed by atoms with Crippen molar-refractivity contribution in [2.45, 2.75) is 0 Å². The monoisotopic (exact) mass is 580 g/mol. The number of aromatic nitrogens is 1. The van der Waals surface area contributed by atoms with E-state index in [1.54, 1.807) is 48.5 Å². The summed E-state index contributed by atoms with van der Waals surface area (Å²) in [5, 5.41) is 0.919. The Kier molecular flexibility index (Phi) is 7.81. The van der Waals surface area contributed by atoms with Gasteiger partial charge in [0, 0.05) is 25.2 Å². The van der Waals surface area contributed by atoms with Crippen molar-refractivity contribution in [3.63, 3.8) is 0 Å². The summed E-state index contributed by atoms with van der Waals surface area (Å²) in [6.07, 6.45) is 0. The Morgan fingerprint density at radius 2 is 1.70 bits per heavy atom. The number of carbonyl (C=O) groups excluding carboxylic acids is 1. The number of amides is 1. The number of hydrogen-bond acceptors (Lipinski definition) is 7. The van der Waals surface area contributed by atoms with Gasteiger partial charge >= 0.3 is 10.2 Å². The molecule has 0 atom stereocenters. The lowest BCUT2D eigenvalue weighted by Gasteiger charge is -2.22. The second-order valence-corrected chi connectivity index (χ2v) is 11.6. The number of carbonyl (C=O) groups is 1. The smallest absolute Gasteiger partial charge is 0.301 e. The number of halogens is 2. The molecule has 4 rings (SSSR count). The number of fused-ring (bicyclic) bond motifs is 1. The molecule has 194 valence electrons. The predicted molar refractivity (Wildman–Crippen MR) is 148 cm³/mol. The molecule has 3 aromatic carbocycles. The number of ether oxygens (including phenoxy) is 2. The number of methoxy groups -OCH3 is 2. The molecule has 13 heteroatoms. The number of rotatable bonds is 8. The van der Waals surface area contributed by atoms with Crippen molar-refractivity contribution < 1.29 is 22.7 Å². The Hall–Kier alpha value is -3.09. The highest BCUT2D eigenvalue weighted by Crippen LogP contribution is 2.40. The first-order valence-electron chi connectivity index (χ1n) is 10.7.